The number of aromatic amines is 1. The van der Waals surface area contributed by atoms with E-state index < -0.39 is 0 Å². The average molecular weight is 1060 g/mol. The van der Waals surface area contributed by atoms with E-state index in [1.165, 1.54) is 17.2 Å². The molecule has 270 valence electrons. The van der Waals surface area contributed by atoms with Gasteiger partial charge in [-0.2, -0.15) is 0 Å². The van der Waals surface area contributed by atoms with Crippen LogP contribution in [0.5, 0.6) is 5.75 Å². The Morgan fingerprint density at radius 2 is 1.35 bits per heavy atom. The van der Waals surface area contributed by atoms with Gasteiger partial charge in [0.15, 0.2) is 5.43 Å². The Kier molecular flexibility index (Phi) is 20.1. The number of halogens is 3. The number of aliphatic hydroxyl groups excluding tert-OH is 1. The summed E-state index contributed by atoms with van der Waals surface area (Å²) in [5, 5.41) is 17.0. The molecule has 9 nitrogen and oxygen atoms in total. The van der Waals surface area contributed by atoms with Gasteiger partial charge in [0.05, 0.1) is 12.1 Å². The Morgan fingerprint density at radius 1 is 0.784 bits per heavy atom. The number of hydrogen-bond donors (Lipinski definition) is 4. The minimum absolute atomic E-state index is 0.0688. The fourth-order valence-corrected chi connectivity index (χ4v) is 4.97. The number of nitrogens with one attached hydrogen (secondary N) is 3. The molecule has 4 heterocycles. The van der Waals surface area contributed by atoms with E-state index in [0.717, 1.165) is 69.8 Å². The van der Waals surface area contributed by atoms with Crippen LogP contribution in [0.15, 0.2) is 102 Å². The summed E-state index contributed by atoms with van der Waals surface area (Å²) in [6.07, 6.45) is 8.68. The molecule has 0 atom stereocenters. The molecular formula is C38H44I3N6O3V. The van der Waals surface area contributed by atoms with Crippen LogP contribution in [-0.2, 0) is 17.8 Å². The van der Waals surface area contributed by atoms with Gasteiger partial charge in [0, 0.05) is 73.3 Å². The summed E-state index contributed by atoms with van der Waals surface area (Å²) >= 11 is 7.39. The van der Waals surface area contributed by atoms with Gasteiger partial charge >= 0.3 is 64.9 Å². The van der Waals surface area contributed by atoms with Crippen LogP contribution in [0.2, 0.25) is 0 Å². The molecular weight excluding hydrogens is 1020 g/mol. The number of anilines is 2. The first kappa shape index (κ1) is 42.9. The number of para-hydroxylation sites is 2. The number of H-pyrrole nitrogens is 1. The summed E-state index contributed by atoms with van der Waals surface area (Å²) in [5.74, 6) is 2.77. The average Bonchev–Trinajstić information content (AvgIpc) is 3.12. The molecule has 0 amide bonds. The standard InChI is InChI=1S/C19H21N3O.C10H16N2O.C9H7NO.3HI.V/c1-3-20-19-14(2)12-15(13-22-19)9-11-23-18-8-10-21-17-7-5-4-6-16(17)18;1-3-11-10-8(2)6-9(4-5-13)7-12-10;11-9-5-6-10-8-4-2-1-3-7(8)9;;;;/h4-8,10,12-13H,3,9,11H2,1-2H3,(H,20,22);6-7,13H,3-5H2,1-2H3,(H,11,12);1-6H,(H,10,11);3*1H;/q;;;;;;+3/p-3. The molecule has 0 unspecified atom stereocenters. The zero-order chi connectivity index (χ0) is 37.0. The number of pyridine rings is 4. The molecule has 4 aromatic heterocycles. The van der Waals surface area contributed by atoms with Gasteiger partial charge in [-0.15, -0.1) is 0 Å². The van der Waals surface area contributed by atoms with Crippen molar-refractivity contribution in [1.82, 2.24) is 19.9 Å². The Balaban J connectivity index is 0.000000212. The third-order valence-electron chi connectivity index (χ3n) is 7.28. The van der Waals surface area contributed by atoms with E-state index in [-0.39, 0.29) is 17.0 Å². The third kappa shape index (κ3) is 15.2. The molecule has 0 spiro atoms. The Hall–Kier alpha value is -2.51. The van der Waals surface area contributed by atoms with Crippen LogP contribution in [0.25, 0.3) is 21.8 Å². The monoisotopic (exact) mass is 1060 g/mol. The molecule has 6 aromatic rings. The maximum atomic E-state index is 11.2. The topological polar surface area (TPSA) is 125 Å². The van der Waals surface area contributed by atoms with E-state index >= 15 is 0 Å². The van der Waals surface area contributed by atoms with E-state index in [4.69, 9.17) is 9.84 Å². The molecule has 6 rings (SSSR count). The third-order valence-corrected chi connectivity index (χ3v) is 7.28. The van der Waals surface area contributed by atoms with Crippen LogP contribution in [0.3, 0.4) is 0 Å². The van der Waals surface area contributed by atoms with E-state index in [1.54, 1.807) is 18.6 Å². The second kappa shape index (κ2) is 23.9. The number of rotatable bonds is 10. The number of benzene rings is 2. The summed E-state index contributed by atoms with van der Waals surface area (Å²) < 4.78 is 5.96. The van der Waals surface area contributed by atoms with Crippen LogP contribution < -0.4 is 20.8 Å². The fourth-order valence-electron chi connectivity index (χ4n) is 4.97. The van der Waals surface area contributed by atoms with Crippen LogP contribution in [0.1, 0.15) is 36.1 Å². The van der Waals surface area contributed by atoms with Crippen molar-refractivity contribution in [3.8, 4) is 5.75 Å². The van der Waals surface area contributed by atoms with Gasteiger partial charge < -0.3 is 25.5 Å². The van der Waals surface area contributed by atoms with E-state index in [1.807, 2.05) is 74.6 Å². The predicted molar refractivity (Wildman–Crippen MR) is 235 cm³/mol. The van der Waals surface area contributed by atoms with Crippen LogP contribution >= 0.6 is 59.9 Å². The van der Waals surface area contributed by atoms with Gasteiger partial charge in [0.25, 0.3) is 0 Å². The Bertz CT molecular complexity index is 1980. The number of aromatic nitrogens is 4. The Morgan fingerprint density at radius 3 is 1.92 bits per heavy atom. The molecule has 2 aromatic carbocycles. The molecule has 13 heteroatoms. The van der Waals surface area contributed by atoms with Gasteiger partial charge in [-0.3, -0.25) is 9.78 Å². The molecule has 0 bridgehead atoms. The summed E-state index contributed by atoms with van der Waals surface area (Å²) in [5.41, 5.74) is 6.48. The summed E-state index contributed by atoms with van der Waals surface area (Å²) in [6, 6.07) is 23.1. The molecule has 51 heavy (non-hydrogen) atoms. The van der Waals surface area contributed by atoms with E-state index in [2.05, 4.69) is 116 Å². The zero-order valence-corrected chi connectivity index (χ0v) is 37.0. The number of nitrogens with zero attached hydrogens (tertiary/aromatic N) is 3. The molecule has 0 aliphatic heterocycles. The maximum absolute atomic E-state index is 11.2. The van der Waals surface area contributed by atoms with Crippen molar-refractivity contribution in [2.75, 3.05) is 36.9 Å². The summed E-state index contributed by atoms with van der Waals surface area (Å²) in [4.78, 5) is 27.0. The Labute approximate surface area is 337 Å². The first-order valence-corrected chi connectivity index (χ1v) is 30.0. The van der Waals surface area contributed by atoms with Crippen molar-refractivity contribution < 1.29 is 14.8 Å². The quantitative estimate of drug-likeness (QED) is 0.100. The van der Waals surface area contributed by atoms with Crippen LogP contribution in [-0.4, -0.2) is 51.3 Å². The van der Waals surface area contributed by atoms with Crippen molar-refractivity contribution in [2.45, 2.75) is 40.5 Å². The number of hydrogen-bond acceptors (Lipinski definition) is 8. The van der Waals surface area contributed by atoms with Crippen molar-refractivity contribution in [3.05, 3.63) is 130 Å². The first-order valence-electron chi connectivity index (χ1n) is 16.5. The van der Waals surface area contributed by atoms with Gasteiger partial charge in [0.1, 0.15) is 17.4 Å². The fraction of sp³-hybridized carbons (Fsp3) is 0.263. The van der Waals surface area contributed by atoms with Crippen molar-refractivity contribution in [1.29, 1.82) is 0 Å². The van der Waals surface area contributed by atoms with Crippen LogP contribution in [0, 0.1) is 13.8 Å². The normalized spacial score (nSPS) is 10.3. The van der Waals surface area contributed by atoms with Gasteiger partial charge in [-0.05, 0) is 86.7 Å². The molecule has 0 saturated heterocycles. The molecule has 0 aliphatic carbocycles. The van der Waals surface area contributed by atoms with Gasteiger partial charge in [-0.25, -0.2) is 9.97 Å². The molecule has 0 fully saturated rings. The van der Waals surface area contributed by atoms with Crippen LogP contribution in [0.4, 0.5) is 11.6 Å². The minimum atomic E-state index is -0.278. The molecule has 0 aliphatic rings. The summed E-state index contributed by atoms with van der Waals surface area (Å²) in [6.45, 7) is 10.8. The van der Waals surface area contributed by atoms with Crippen molar-refractivity contribution in [2.24, 2.45) is 0 Å². The number of aliphatic hydroxyl groups is 1. The second-order valence-electron chi connectivity index (χ2n) is 11.1. The van der Waals surface area contributed by atoms with Gasteiger partial charge in [0.2, 0.25) is 0 Å². The zero-order valence-electron chi connectivity index (χ0n) is 29.2. The molecule has 4 N–H and O–H groups in total. The first-order chi connectivity index (χ1) is 24.7. The number of ether oxygens (including phenoxy) is 1. The van der Waals surface area contributed by atoms with E-state index in [0.29, 0.717) is 13.0 Å². The predicted octanol–water partition coefficient (Wildman–Crippen LogP) is 9.53. The van der Waals surface area contributed by atoms with Crippen molar-refractivity contribution >= 4 is 93.4 Å². The molecule has 0 radical (unpaired) electrons. The summed E-state index contributed by atoms with van der Waals surface area (Å²) in [7, 11) is 0. The van der Waals surface area contributed by atoms with Crippen molar-refractivity contribution in [3.63, 3.8) is 0 Å². The SMILES string of the molecule is CCNc1ncc(CCO)cc1C.CCNc1ncc(CCOc2ccnc3ccccc23)cc1C.O=c1cc[nH]c2ccccc12.[I][V]([I])[I]. The van der Waals surface area contributed by atoms with Gasteiger partial charge in [-0.1, -0.05) is 36.4 Å². The number of fused-ring (bicyclic) bond motifs is 2. The second-order valence-corrected chi connectivity index (χ2v) is 46.4. The number of aryl methyl sites for hydroxylation is 2. The molecule has 0 saturated carbocycles. The van der Waals surface area contributed by atoms with E-state index in [9.17, 15) is 4.79 Å².